The fraction of sp³-hybridized carbons (Fsp3) is 0.242. The van der Waals surface area contributed by atoms with Crippen molar-refractivity contribution < 1.29 is 31.1 Å². The molecule has 4 aromatic carbocycles. The number of anilines is 2. The van der Waals surface area contributed by atoms with Crippen molar-refractivity contribution in [1.82, 2.24) is 10.2 Å². The molecule has 1 aliphatic rings. The van der Waals surface area contributed by atoms with Gasteiger partial charge in [-0.2, -0.15) is 0 Å². The number of ether oxygens (including phenoxy) is 1. The highest BCUT2D eigenvalue weighted by Crippen LogP contribution is 2.25. The Labute approximate surface area is 272 Å². The van der Waals surface area contributed by atoms with E-state index in [0.29, 0.717) is 42.3 Å². The predicted molar refractivity (Wildman–Crippen MR) is 174 cm³/mol. The number of nitrogens with zero attached hydrogens (tertiary/aromatic N) is 2. The maximum atomic E-state index is 14.4. The van der Waals surface area contributed by atoms with E-state index in [4.69, 9.17) is 4.74 Å². The third-order valence-electron chi connectivity index (χ3n) is 7.40. The summed E-state index contributed by atoms with van der Waals surface area (Å²) in [5.41, 5.74) is 1.61. The Morgan fingerprint density at radius 2 is 1.43 bits per heavy atom. The molecule has 1 fully saturated rings. The summed E-state index contributed by atoms with van der Waals surface area (Å²) in [5, 5.41) is 2.99. The Bertz CT molecular complexity index is 1700. The van der Waals surface area contributed by atoms with Crippen LogP contribution < -0.4 is 19.7 Å². The Balaban J connectivity index is 0.00000480. The SMILES string of the molecule is CS(=O)(=O)Nc1ccc(Oc2ccc(CN3CCC(NC(=O)N(Cc4c(F)cccc4F)c4ccc(F)cc4)CC3)cc2)cc1.Cl. The van der Waals surface area contributed by atoms with Crippen LogP contribution in [-0.4, -0.2) is 44.7 Å². The van der Waals surface area contributed by atoms with Crippen LogP contribution in [0.15, 0.2) is 91.0 Å². The highest BCUT2D eigenvalue weighted by atomic mass is 35.5. The van der Waals surface area contributed by atoms with E-state index in [1.807, 2.05) is 24.3 Å². The molecule has 0 aliphatic carbocycles. The van der Waals surface area contributed by atoms with Crippen LogP contribution in [-0.2, 0) is 23.1 Å². The van der Waals surface area contributed by atoms with E-state index < -0.39 is 33.5 Å². The Morgan fingerprint density at radius 3 is 2.00 bits per heavy atom. The van der Waals surface area contributed by atoms with Crippen LogP contribution in [0.1, 0.15) is 24.0 Å². The summed E-state index contributed by atoms with van der Waals surface area (Å²) in [7, 11) is -3.35. The van der Waals surface area contributed by atoms with Gasteiger partial charge in [-0.15, -0.1) is 12.4 Å². The molecule has 1 aliphatic heterocycles. The van der Waals surface area contributed by atoms with Gasteiger partial charge in [0.1, 0.15) is 29.0 Å². The Hall–Kier alpha value is -4.26. The van der Waals surface area contributed by atoms with E-state index in [0.717, 1.165) is 37.0 Å². The van der Waals surface area contributed by atoms with Crippen LogP contribution in [0.5, 0.6) is 11.5 Å². The third-order valence-corrected chi connectivity index (χ3v) is 8.01. The maximum Gasteiger partial charge on any atom is 0.322 e. The van der Waals surface area contributed by atoms with Crippen molar-refractivity contribution in [1.29, 1.82) is 0 Å². The average Bonchev–Trinajstić information content (AvgIpc) is 3.00. The van der Waals surface area contributed by atoms with E-state index in [1.165, 1.54) is 35.2 Å². The summed E-state index contributed by atoms with van der Waals surface area (Å²) in [4.78, 5) is 16.9. The zero-order valence-corrected chi connectivity index (χ0v) is 26.6. The van der Waals surface area contributed by atoms with Crippen molar-refractivity contribution in [2.24, 2.45) is 0 Å². The molecule has 0 aromatic heterocycles. The van der Waals surface area contributed by atoms with Crippen LogP contribution in [0.4, 0.5) is 29.3 Å². The topological polar surface area (TPSA) is 91.0 Å². The highest BCUT2D eigenvalue weighted by Gasteiger charge is 2.25. The minimum Gasteiger partial charge on any atom is -0.457 e. The summed E-state index contributed by atoms with van der Waals surface area (Å²) in [6, 6.07) is 22.4. The fourth-order valence-corrected chi connectivity index (χ4v) is 5.66. The summed E-state index contributed by atoms with van der Waals surface area (Å²) < 4.78 is 73.4. The number of hydrogen-bond acceptors (Lipinski definition) is 5. The molecule has 0 atom stereocenters. The molecule has 0 unspecified atom stereocenters. The van der Waals surface area contributed by atoms with E-state index in [2.05, 4.69) is 14.9 Å². The van der Waals surface area contributed by atoms with Gasteiger partial charge in [0, 0.05) is 42.6 Å². The molecule has 13 heteroatoms. The fourth-order valence-electron chi connectivity index (χ4n) is 5.09. The third kappa shape index (κ3) is 9.62. The van der Waals surface area contributed by atoms with E-state index in [-0.39, 0.29) is 30.6 Å². The average molecular weight is 675 g/mol. The number of carbonyl (C=O) groups excluding carboxylic acids is 1. The van der Waals surface area contributed by atoms with Gasteiger partial charge < -0.3 is 10.1 Å². The van der Waals surface area contributed by atoms with Gasteiger partial charge >= 0.3 is 6.03 Å². The molecule has 0 radical (unpaired) electrons. The smallest absolute Gasteiger partial charge is 0.322 e. The summed E-state index contributed by atoms with van der Waals surface area (Å²) in [6.45, 7) is 1.83. The molecule has 1 saturated heterocycles. The molecule has 2 N–H and O–H groups in total. The van der Waals surface area contributed by atoms with Gasteiger partial charge in [0.2, 0.25) is 10.0 Å². The number of sulfonamides is 1. The summed E-state index contributed by atoms with van der Waals surface area (Å²) in [5.74, 6) is -0.795. The molecule has 4 aromatic rings. The maximum absolute atomic E-state index is 14.4. The quantitative estimate of drug-likeness (QED) is 0.188. The molecule has 46 heavy (non-hydrogen) atoms. The molecule has 1 heterocycles. The van der Waals surface area contributed by atoms with Crippen LogP contribution in [0.25, 0.3) is 0 Å². The minimum absolute atomic E-state index is 0. The van der Waals surface area contributed by atoms with Gasteiger partial charge in [0.25, 0.3) is 0 Å². The number of benzene rings is 4. The largest absolute Gasteiger partial charge is 0.457 e. The standard InChI is InChI=1S/C33H33F3N4O4S.ClH/c1-45(42,43)38-26-9-15-29(16-10-26)44-28-13-5-23(6-14-28)21-39-19-17-25(18-20-39)37-33(41)40(27-11-7-24(34)8-12-27)22-30-31(35)3-2-4-32(30)36;/h2-16,25,38H,17-22H2,1H3,(H,37,41);1H. The first-order valence-electron chi connectivity index (χ1n) is 14.4. The molecular formula is C33H34ClF3N4O4S. The lowest BCUT2D eigenvalue weighted by Gasteiger charge is -2.34. The van der Waals surface area contributed by atoms with Crippen molar-refractivity contribution in [2.75, 3.05) is 29.0 Å². The zero-order valence-electron chi connectivity index (χ0n) is 25.0. The van der Waals surface area contributed by atoms with E-state index in [9.17, 15) is 26.4 Å². The van der Waals surface area contributed by atoms with Crippen LogP contribution in [0, 0.1) is 17.5 Å². The van der Waals surface area contributed by atoms with Crippen molar-refractivity contribution in [3.05, 3.63) is 120 Å². The first kappa shape index (κ1) is 34.6. The van der Waals surface area contributed by atoms with Gasteiger partial charge in [-0.3, -0.25) is 14.5 Å². The lowest BCUT2D eigenvalue weighted by atomic mass is 10.0. The van der Waals surface area contributed by atoms with Crippen molar-refractivity contribution in [2.45, 2.75) is 32.0 Å². The number of nitrogens with one attached hydrogen (secondary N) is 2. The molecule has 8 nitrogen and oxygen atoms in total. The summed E-state index contributed by atoms with van der Waals surface area (Å²) in [6.07, 6.45) is 2.46. The molecule has 0 spiro atoms. The molecule has 0 saturated carbocycles. The van der Waals surface area contributed by atoms with Crippen LogP contribution in [0.2, 0.25) is 0 Å². The Kier molecular flexibility index (Phi) is 11.5. The van der Waals surface area contributed by atoms with Crippen molar-refractivity contribution in [3.63, 3.8) is 0 Å². The van der Waals surface area contributed by atoms with E-state index >= 15 is 0 Å². The van der Waals surface area contributed by atoms with E-state index in [1.54, 1.807) is 24.3 Å². The van der Waals surface area contributed by atoms with Gasteiger partial charge in [0.05, 0.1) is 12.8 Å². The second-order valence-electron chi connectivity index (χ2n) is 10.9. The van der Waals surface area contributed by atoms with Crippen molar-refractivity contribution in [3.8, 4) is 11.5 Å². The van der Waals surface area contributed by atoms with Crippen LogP contribution in [0.3, 0.4) is 0 Å². The second kappa shape index (κ2) is 15.4. The van der Waals surface area contributed by atoms with Gasteiger partial charge in [0.15, 0.2) is 0 Å². The number of likely N-dealkylation sites (tertiary alicyclic amines) is 1. The first-order valence-corrected chi connectivity index (χ1v) is 16.2. The number of rotatable bonds is 10. The van der Waals surface area contributed by atoms with Gasteiger partial charge in [-0.1, -0.05) is 18.2 Å². The zero-order chi connectivity index (χ0) is 32.0. The molecular weight excluding hydrogens is 641 g/mol. The first-order chi connectivity index (χ1) is 21.5. The number of hydrogen-bond donors (Lipinski definition) is 2. The second-order valence-corrected chi connectivity index (χ2v) is 12.7. The highest BCUT2D eigenvalue weighted by molar-refractivity contribution is 7.92. The van der Waals surface area contributed by atoms with Gasteiger partial charge in [-0.05, 0) is 91.2 Å². The molecule has 0 bridgehead atoms. The monoisotopic (exact) mass is 674 g/mol. The minimum atomic E-state index is -3.35. The number of halogens is 4. The van der Waals surface area contributed by atoms with Crippen molar-refractivity contribution >= 4 is 39.8 Å². The predicted octanol–water partition coefficient (Wildman–Crippen LogP) is 7.07. The lowest BCUT2D eigenvalue weighted by Crippen LogP contribution is -2.49. The number of piperidine rings is 1. The Morgan fingerprint density at radius 1 is 0.870 bits per heavy atom. The molecule has 5 rings (SSSR count). The molecule has 244 valence electrons. The summed E-state index contributed by atoms with van der Waals surface area (Å²) >= 11 is 0. The van der Waals surface area contributed by atoms with Crippen LogP contribution >= 0.6 is 12.4 Å². The number of amides is 2. The number of urea groups is 1. The normalized spacial score (nSPS) is 13.8. The lowest BCUT2D eigenvalue weighted by molar-refractivity contribution is 0.188. The number of carbonyl (C=O) groups is 1. The molecule has 2 amide bonds. The van der Waals surface area contributed by atoms with Gasteiger partial charge in [-0.25, -0.2) is 26.4 Å².